The molecule has 0 amide bonds. The first-order chi connectivity index (χ1) is 8.81. The van der Waals surface area contributed by atoms with Gasteiger partial charge in [-0.25, -0.2) is 0 Å². The van der Waals surface area contributed by atoms with E-state index < -0.39 is 0 Å². The van der Waals surface area contributed by atoms with E-state index >= 15 is 0 Å². The van der Waals surface area contributed by atoms with Crippen LogP contribution in [-0.2, 0) is 9.53 Å². The van der Waals surface area contributed by atoms with Gasteiger partial charge in [0, 0.05) is 6.42 Å². The van der Waals surface area contributed by atoms with Crippen LogP contribution >= 0.6 is 0 Å². The predicted molar refractivity (Wildman–Crippen MR) is 77.6 cm³/mol. The maximum atomic E-state index is 11.3. The number of carbonyl (C=O) groups is 1. The van der Waals surface area contributed by atoms with Crippen molar-refractivity contribution in [2.24, 2.45) is 0 Å². The number of allylic oxidation sites excluding steroid dienone is 2. The highest BCUT2D eigenvalue weighted by Crippen LogP contribution is 2.07. The second kappa shape index (κ2) is 14.3. The summed E-state index contributed by atoms with van der Waals surface area (Å²) in [5.41, 5.74) is 0. The van der Waals surface area contributed by atoms with Crippen molar-refractivity contribution in [3.8, 4) is 0 Å². The quantitative estimate of drug-likeness (QED) is 0.277. The van der Waals surface area contributed by atoms with E-state index in [4.69, 9.17) is 4.74 Å². The fourth-order valence-electron chi connectivity index (χ4n) is 1.69. The Balaban J connectivity index is 3.17. The number of unbranched alkanes of at least 4 members (excludes halogenated alkanes) is 6. The molecule has 0 aromatic carbocycles. The lowest BCUT2D eigenvalue weighted by Gasteiger charge is -2.03. The highest BCUT2D eigenvalue weighted by Gasteiger charge is 2.01. The average Bonchev–Trinajstić information content (AvgIpc) is 2.37. The van der Waals surface area contributed by atoms with Crippen LogP contribution in [-0.4, -0.2) is 12.6 Å². The van der Waals surface area contributed by atoms with Gasteiger partial charge in [-0.15, -0.1) is 0 Å². The normalized spacial score (nSPS) is 11.0. The van der Waals surface area contributed by atoms with Gasteiger partial charge < -0.3 is 4.74 Å². The van der Waals surface area contributed by atoms with Crippen LogP contribution < -0.4 is 0 Å². The molecule has 2 heteroatoms. The monoisotopic (exact) mass is 254 g/mol. The highest BCUT2D eigenvalue weighted by atomic mass is 16.5. The number of esters is 1. The molecule has 0 aliphatic rings. The van der Waals surface area contributed by atoms with Crippen molar-refractivity contribution in [1.29, 1.82) is 0 Å². The minimum Gasteiger partial charge on any atom is -0.466 e. The first-order valence-corrected chi connectivity index (χ1v) is 7.61. The van der Waals surface area contributed by atoms with Gasteiger partial charge in [0.2, 0.25) is 0 Å². The van der Waals surface area contributed by atoms with Crippen LogP contribution in [0, 0.1) is 0 Å². The summed E-state index contributed by atoms with van der Waals surface area (Å²) in [5, 5.41) is 0. The summed E-state index contributed by atoms with van der Waals surface area (Å²) in [7, 11) is 0. The lowest BCUT2D eigenvalue weighted by molar-refractivity contribution is -0.143. The summed E-state index contributed by atoms with van der Waals surface area (Å²) in [6.45, 7) is 4.89. The fourth-order valence-corrected chi connectivity index (χ4v) is 1.69. The Morgan fingerprint density at radius 2 is 1.61 bits per heavy atom. The number of hydrogen-bond donors (Lipinski definition) is 0. The van der Waals surface area contributed by atoms with Crippen molar-refractivity contribution in [1.82, 2.24) is 0 Å². The molecule has 0 aliphatic heterocycles. The Morgan fingerprint density at radius 3 is 2.33 bits per heavy atom. The topological polar surface area (TPSA) is 26.3 Å². The number of ether oxygens (including phenoxy) is 1. The molecule has 0 aromatic rings. The van der Waals surface area contributed by atoms with Crippen LogP contribution in [0.25, 0.3) is 0 Å². The lowest BCUT2D eigenvalue weighted by Crippen LogP contribution is -2.05. The van der Waals surface area contributed by atoms with E-state index in [1.165, 1.54) is 32.1 Å². The molecule has 0 N–H and O–H groups in total. The van der Waals surface area contributed by atoms with Gasteiger partial charge in [0.15, 0.2) is 0 Å². The highest BCUT2D eigenvalue weighted by molar-refractivity contribution is 5.69. The number of rotatable bonds is 12. The van der Waals surface area contributed by atoms with Crippen LogP contribution in [0.4, 0.5) is 0 Å². The Bertz CT molecular complexity index is 209. The molecule has 0 aliphatic carbocycles. The van der Waals surface area contributed by atoms with Crippen LogP contribution in [0.2, 0.25) is 0 Å². The fraction of sp³-hybridized carbons (Fsp3) is 0.812. The molecule has 0 radical (unpaired) electrons. The smallest absolute Gasteiger partial charge is 0.305 e. The van der Waals surface area contributed by atoms with Crippen molar-refractivity contribution in [2.75, 3.05) is 6.61 Å². The molecule has 0 fully saturated rings. The van der Waals surface area contributed by atoms with E-state index in [9.17, 15) is 4.79 Å². The largest absolute Gasteiger partial charge is 0.466 e. The standard InChI is InChI=1S/C16H30O2/c1-3-5-7-8-9-10-11-12-13-14-16(17)18-15-6-4-2/h7-8H,3-6,9-15H2,1-2H3. The number of carbonyl (C=O) groups excluding carboxylic acids is 1. The van der Waals surface area contributed by atoms with E-state index in [0.717, 1.165) is 25.7 Å². The Kier molecular flexibility index (Phi) is 13.6. The van der Waals surface area contributed by atoms with Crippen LogP contribution in [0.1, 0.15) is 78.1 Å². The molecule has 18 heavy (non-hydrogen) atoms. The summed E-state index contributed by atoms with van der Waals surface area (Å²) < 4.78 is 5.10. The second-order valence-corrected chi connectivity index (χ2v) is 4.79. The zero-order valence-electron chi connectivity index (χ0n) is 12.2. The van der Waals surface area contributed by atoms with Crippen LogP contribution in [0.3, 0.4) is 0 Å². The van der Waals surface area contributed by atoms with Crippen molar-refractivity contribution in [2.45, 2.75) is 78.1 Å². The molecule has 0 unspecified atom stereocenters. The molecular weight excluding hydrogens is 224 g/mol. The van der Waals surface area contributed by atoms with E-state index in [-0.39, 0.29) is 5.97 Å². The zero-order chi connectivity index (χ0) is 13.5. The first kappa shape index (κ1) is 17.2. The molecule has 0 heterocycles. The van der Waals surface area contributed by atoms with Crippen molar-refractivity contribution < 1.29 is 9.53 Å². The van der Waals surface area contributed by atoms with E-state index in [0.29, 0.717) is 13.0 Å². The maximum absolute atomic E-state index is 11.3. The van der Waals surface area contributed by atoms with E-state index in [1.807, 2.05) is 0 Å². The van der Waals surface area contributed by atoms with E-state index in [2.05, 4.69) is 26.0 Å². The summed E-state index contributed by atoms with van der Waals surface area (Å²) >= 11 is 0. The summed E-state index contributed by atoms with van der Waals surface area (Å²) in [6.07, 6.45) is 15.4. The lowest BCUT2D eigenvalue weighted by atomic mass is 10.1. The van der Waals surface area contributed by atoms with Crippen molar-refractivity contribution >= 4 is 5.97 Å². The average molecular weight is 254 g/mol. The Hall–Kier alpha value is -0.790. The Labute approximate surface area is 113 Å². The molecule has 0 saturated heterocycles. The van der Waals surface area contributed by atoms with Gasteiger partial charge >= 0.3 is 5.97 Å². The summed E-state index contributed by atoms with van der Waals surface area (Å²) in [6, 6.07) is 0. The van der Waals surface area contributed by atoms with Crippen molar-refractivity contribution in [3.63, 3.8) is 0 Å². The summed E-state index contributed by atoms with van der Waals surface area (Å²) in [4.78, 5) is 11.3. The third kappa shape index (κ3) is 13.3. The zero-order valence-corrected chi connectivity index (χ0v) is 12.2. The SMILES string of the molecule is CCCC=CCCCCCCC(=O)OCCCC. The minimum atomic E-state index is -0.0220. The van der Waals surface area contributed by atoms with Gasteiger partial charge in [-0.2, -0.15) is 0 Å². The molecule has 0 spiro atoms. The molecule has 0 saturated carbocycles. The predicted octanol–water partition coefficient (Wildman–Crippen LogP) is 5.03. The third-order valence-electron chi connectivity index (χ3n) is 2.88. The van der Waals surface area contributed by atoms with Gasteiger partial charge in [-0.1, -0.05) is 51.7 Å². The van der Waals surface area contributed by atoms with E-state index in [1.54, 1.807) is 0 Å². The molecule has 0 bridgehead atoms. The number of hydrogen-bond acceptors (Lipinski definition) is 2. The molecule has 0 atom stereocenters. The summed E-state index contributed by atoms with van der Waals surface area (Å²) in [5.74, 6) is -0.0220. The maximum Gasteiger partial charge on any atom is 0.305 e. The molecule has 106 valence electrons. The van der Waals surface area contributed by atoms with Crippen LogP contribution in [0.5, 0.6) is 0 Å². The van der Waals surface area contributed by atoms with Crippen LogP contribution in [0.15, 0.2) is 12.2 Å². The minimum absolute atomic E-state index is 0.0220. The van der Waals surface area contributed by atoms with Gasteiger partial charge in [0.1, 0.15) is 0 Å². The Morgan fingerprint density at radius 1 is 0.889 bits per heavy atom. The molecule has 0 rings (SSSR count). The second-order valence-electron chi connectivity index (χ2n) is 4.79. The molecule has 0 aromatic heterocycles. The van der Waals surface area contributed by atoms with Gasteiger partial charge in [-0.3, -0.25) is 4.79 Å². The van der Waals surface area contributed by atoms with Gasteiger partial charge in [-0.05, 0) is 32.1 Å². The van der Waals surface area contributed by atoms with Crippen molar-refractivity contribution in [3.05, 3.63) is 12.2 Å². The first-order valence-electron chi connectivity index (χ1n) is 7.61. The van der Waals surface area contributed by atoms with Gasteiger partial charge in [0.25, 0.3) is 0 Å². The van der Waals surface area contributed by atoms with Gasteiger partial charge in [0.05, 0.1) is 6.61 Å². The third-order valence-corrected chi connectivity index (χ3v) is 2.88. The molecule has 2 nitrogen and oxygen atoms in total. The molecular formula is C16H30O2.